The first-order chi connectivity index (χ1) is 9.22. The van der Waals surface area contributed by atoms with Crippen molar-refractivity contribution in [3.8, 4) is 17.2 Å². The third kappa shape index (κ3) is 3.39. The third-order valence-electron chi connectivity index (χ3n) is 2.60. The molecule has 4 heteroatoms. The number of nitrogens with two attached hydrogens (primary N) is 1. The van der Waals surface area contributed by atoms with Crippen LogP contribution in [0.2, 0.25) is 0 Å². The molecule has 19 heavy (non-hydrogen) atoms. The van der Waals surface area contributed by atoms with Gasteiger partial charge in [0.2, 0.25) is 0 Å². The Labute approximate surface area is 112 Å². The highest BCUT2D eigenvalue weighted by molar-refractivity contribution is 5.56. The lowest BCUT2D eigenvalue weighted by Crippen LogP contribution is -1.97. The Morgan fingerprint density at radius 1 is 1.11 bits per heavy atom. The van der Waals surface area contributed by atoms with Crippen molar-refractivity contribution in [2.45, 2.75) is 13.5 Å². The highest BCUT2D eigenvalue weighted by Crippen LogP contribution is 2.30. The Morgan fingerprint density at radius 3 is 2.63 bits per heavy atom. The van der Waals surface area contributed by atoms with E-state index >= 15 is 0 Å². The van der Waals surface area contributed by atoms with Gasteiger partial charge in [-0.1, -0.05) is 12.1 Å². The Morgan fingerprint density at radius 2 is 1.89 bits per heavy atom. The van der Waals surface area contributed by atoms with E-state index in [2.05, 4.69) is 0 Å². The van der Waals surface area contributed by atoms with Gasteiger partial charge in [-0.15, -0.1) is 0 Å². The molecule has 2 rings (SSSR count). The molecule has 100 valence electrons. The first-order valence-corrected chi connectivity index (χ1v) is 6.13. The quantitative estimate of drug-likeness (QED) is 0.810. The van der Waals surface area contributed by atoms with Gasteiger partial charge in [-0.05, 0) is 36.8 Å². The van der Waals surface area contributed by atoms with Crippen LogP contribution in [0.1, 0.15) is 12.5 Å². The summed E-state index contributed by atoms with van der Waals surface area (Å²) in [6, 6.07) is 12.6. The molecule has 0 aliphatic carbocycles. The number of nitrogen functional groups attached to an aromatic ring is 1. The average Bonchev–Trinajstić information content (AvgIpc) is 2.43. The van der Waals surface area contributed by atoms with Crippen LogP contribution in [0.15, 0.2) is 42.5 Å². The first-order valence-electron chi connectivity index (χ1n) is 6.13. The smallest absolute Gasteiger partial charge is 0.145 e. The number of aliphatic hydroxyl groups excluding tert-OH is 1. The van der Waals surface area contributed by atoms with Gasteiger partial charge in [0, 0.05) is 6.07 Å². The lowest BCUT2D eigenvalue weighted by atomic mass is 10.2. The molecular formula is C15H17NO3. The van der Waals surface area contributed by atoms with E-state index in [-0.39, 0.29) is 6.61 Å². The van der Waals surface area contributed by atoms with Gasteiger partial charge in [0.25, 0.3) is 0 Å². The fourth-order valence-corrected chi connectivity index (χ4v) is 1.70. The number of anilines is 1. The van der Waals surface area contributed by atoms with Crippen LogP contribution in [0, 0.1) is 0 Å². The molecule has 0 aromatic heterocycles. The van der Waals surface area contributed by atoms with Gasteiger partial charge < -0.3 is 20.3 Å². The number of hydrogen-bond donors (Lipinski definition) is 2. The van der Waals surface area contributed by atoms with Crippen LogP contribution in [0.4, 0.5) is 5.69 Å². The molecule has 0 heterocycles. The van der Waals surface area contributed by atoms with Gasteiger partial charge in [0.15, 0.2) is 0 Å². The summed E-state index contributed by atoms with van der Waals surface area (Å²) in [5, 5.41) is 9.09. The zero-order valence-electron chi connectivity index (χ0n) is 10.8. The van der Waals surface area contributed by atoms with Crippen molar-refractivity contribution in [2.24, 2.45) is 0 Å². The summed E-state index contributed by atoms with van der Waals surface area (Å²) >= 11 is 0. The Bertz CT molecular complexity index is 555. The molecule has 0 atom stereocenters. The van der Waals surface area contributed by atoms with E-state index < -0.39 is 0 Å². The molecule has 0 fully saturated rings. The highest BCUT2D eigenvalue weighted by Gasteiger charge is 2.04. The Kier molecular flexibility index (Phi) is 4.26. The van der Waals surface area contributed by atoms with Crippen molar-refractivity contribution < 1.29 is 14.6 Å². The second kappa shape index (κ2) is 6.11. The maximum atomic E-state index is 9.09. The van der Waals surface area contributed by atoms with E-state index in [1.54, 1.807) is 24.3 Å². The molecule has 0 spiro atoms. The van der Waals surface area contributed by atoms with Gasteiger partial charge in [-0.2, -0.15) is 0 Å². The standard InChI is InChI=1S/C15H17NO3/c1-2-18-15-9-13(6-7-14(15)16)19-12-5-3-4-11(8-12)10-17/h3-9,17H,2,10,16H2,1H3. The number of hydrogen-bond acceptors (Lipinski definition) is 4. The summed E-state index contributed by atoms with van der Waals surface area (Å²) < 4.78 is 11.1. The minimum atomic E-state index is -0.0108. The predicted octanol–water partition coefficient (Wildman–Crippen LogP) is 2.95. The highest BCUT2D eigenvalue weighted by atomic mass is 16.5. The van der Waals surface area contributed by atoms with Gasteiger partial charge in [-0.25, -0.2) is 0 Å². The van der Waals surface area contributed by atoms with Crippen molar-refractivity contribution in [3.05, 3.63) is 48.0 Å². The molecular weight excluding hydrogens is 242 g/mol. The van der Waals surface area contributed by atoms with Crippen molar-refractivity contribution >= 4 is 5.69 Å². The van der Waals surface area contributed by atoms with Crippen molar-refractivity contribution in [1.82, 2.24) is 0 Å². The lowest BCUT2D eigenvalue weighted by Gasteiger charge is -2.11. The monoisotopic (exact) mass is 259 g/mol. The third-order valence-corrected chi connectivity index (χ3v) is 2.60. The summed E-state index contributed by atoms with van der Waals surface area (Å²) in [6.07, 6.45) is 0. The average molecular weight is 259 g/mol. The summed E-state index contributed by atoms with van der Waals surface area (Å²) in [7, 11) is 0. The van der Waals surface area contributed by atoms with E-state index in [4.69, 9.17) is 20.3 Å². The summed E-state index contributed by atoms with van der Waals surface area (Å²) in [5.74, 6) is 1.92. The van der Waals surface area contributed by atoms with E-state index in [0.717, 1.165) is 5.56 Å². The van der Waals surface area contributed by atoms with Crippen molar-refractivity contribution in [2.75, 3.05) is 12.3 Å². The second-order valence-electron chi connectivity index (χ2n) is 4.04. The van der Waals surface area contributed by atoms with Gasteiger partial charge >= 0.3 is 0 Å². The van der Waals surface area contributed by atoms with Crippen LogP contribution in [0.3, 0.4) is 0 Å². The second-order valence-corrected chi connectivity index (χ2v) is 4.04. The van der Waals surface area contributed by atoms with Crippen LogP contribution in [-0.2, 0) is 6.61 Å². The van der Waals surface area contributed by atoms with Gasteiger partial charge in [-0.3, -0.25) is 0 Å². The Hall–Kier alpha value is -2.20. The van der Waals surface area contributed by atoms with Crippen LogP contribution in [-0.4, -0.2) is 11.7 Å². The van der Waals surface area contributed by atoms with Crippen molar-refractivity contribution in [3.63, 3.8) is 0 Å². The van der Waals surface area contributed by atoms with E-state index in [1.165, 1.54) is 0 Å². The molecule has 4 nitrogen and oxygen atoms in total. The summed E-state index contributed by atoms with van der Waals surface area (Å²) in [4.78, 5) is 0. The fraction of sp³-hybridized carbons (Fsp3) is 0.200. The largest absolute Gasteiger partial charge is 0.492 e. The summed E-state index contributed by atoms with van der Waals surface area (Å²) in [6.45, 7) is 2.44. The predicted molar refractivity (Wildman–Crippen MR) is 74.5 cm³/mol. The zero-order valence-corrected chi connectivity index (χ0v) is 10.8. The minimum absolute atomic E-state index is 0.0108. The first kappa shape index (κ1) is 13.2. The lowest BCUT2D eigenvalue weighted by molar-refractivity contribution is 0.281. The maximum absolute atomic E-state index is 9.09. The van der Waals surface area contributed by atoms with Gasteiger partial charge in [0.1, 0.15) is 17.2 Å². The number of rotatable bonds is 5. The SMILES string of the molecule is CCOc1cc(Oc2cccc(CO)c2)ccc1N. The minimum Gasteiger partial charge on any atom is -0.492 e. The topological polar surface area (TPSA) is 64.7 Å². The van der Waals surface area contributed by atoms with E-state index in [1.807, 2.05) is 25.1 Å². The molecule has 0 saturated carbocycles. The normalized spacial score (nSPS) is 10.2. The molecule has 0 amide bonds. The zero-order chi connectivity index (χ0) is 13.7. The molecule has 2 aromatic rings. The molecule has 3 N–H and O–H groups in total. The van der Waals surface area contributed by atoms with Crippen molar-refractivity contribution in [1.29, 1.82) is 0 Å². The number of aliphatic hydroxyl groups is 1. The molecule has 0 aliphatic rings. The van der Waals surface area contributed by atoms with Crippen LogP contribution in [0.5, 0.6) is 17.2 Å². The van der Waals surface area contributed by atoms with Crippen LogP contribution < -0.4 is 15.2 Å². The molecule has 0 aliphatic heterocycles. The molecule has 0 bridgehead atoms. The van der Waals surface area contributed by atoms with Crippen LogP contribution >= 0.6 is 0 Å². The molecule has 2 aromatic carbocycles. The van der Waals surface area contributed by atoms with E-state index in [0.29, 0.717) is 29.5 Å². The van der Waals surface area contributed by atoms with Gasteiger partial charge in [0.05, 0.1) is 18.9 Å². The number of benzene rings is 2. The van der Waals surface area contributed by atoms with E-state index in [9.17, 15) is 0 Å². The molecule has 0 radical (unpaired) electrons. The Balaban J connectivity index is 2.20. The maximum Gasteiger partial charge on any atom is 0.145 e. The number of ether oxygens (including phenoxy) is 2. The fourth-order valence-electron chi connectivity index (χ4n) is 1.70. The molecule has 0 unspecified atom stereocenters. The summed E-state index contributed by atoms with van der Waals surface area (Å²) in [5.41, 5.74) is 7.19. The van der Waals surface area contributed by atoms with Crippen LogP contribution in [0.25, 0.3) is 0 Å². The molecule has 0 saturated heterocycles.